The molecule has 1 unspecified atom stereocenters. The van der Waals surface area contributed by atoms with E-state index in [1.54, 1.807) is 0 Å². The van der Waals surface area contributed by atoms with Gasteiger partial charge in [-0.3, -0.25) is 9.67 Å². The molecular weight excluding hydrogens is 391 g/mol. The van der Waals surface area contributed by atoms with Crippen molar-refractivity contribution in [3.05, 3.63) is 18.0 Å². The molecule has 22 heavy (non-hydrogen) atoms. The first kappa shape index (κ1) is 17.5. The molecule has 7 heteroatoms. The summed E-state index contributed by atoms with van der Waals surface area (Å²) >= 11 is 0. The van der Waals surface area contributed by atoms with Crippen LogP contribution in [0.3, 0.4) is 0 Å². The van der Waals surface area contributed by atoms with E-state index in [1.165, 1.54) is 32.4 Å². The van der Waals surface area contributed by atoms with Crippen LogP contribution in [0, 0.1) is 5.92 Å². The van der Waals surface area contributed by atoms with Crippen molar-refractivity contribution in [1.82, 2.24) is 25.3 Å². The standard InChI is InChI=1S/C15H26N6.HI/c1-16-15(18-10-14-5-7-19-20(14)2)17-9-12-6-8-21(11-12)13-3-4-13;/h5,7,12-13H,3-4,6,8-11H2,1-2H3,(H2,16,17,18);1H. The summed E-state index contributed by atoms with van der Waals surface area (Å²) in [7, 11) is 3.78. The zero-order chi connectivity index (χ0) is 14.7. The van der Waals surface area contributed by atoms with Gasteiger partial charge in [0, 0.05) is 39.4 Å². The van der Waals surface area contributed by atoms with Crippen LogP contribution in [0.25, 0.3) is 0 Å². The minimum Gasteiger partial charge on any atom is -0.356 e. The van der Waals surface area contributed by atoms with Crippen LogP contribution >= 0.6 is 24.0 Å². The summed E-state index contributed by atoms with van der Waals surface area (Å²) < 4.78 is 1.88. The predicted molar refractivity (Wildman–Crippen MR) is 99.5 cm³/mol. The summed E-state index contributed by atoms with van der Waals surface area (Å²) in [6.07, 6.45) is 5.95. The van der Waals surface area contributed by atoms with E-state index in [1.807, 2.05) is 31.0 Å². The second kappa shape index (κ2) is 8.14. The fraction of sp³-hybridized carbons (Fsp3) is 0.733. The Balaban J connectivity index is 0.00000176. The lowest BCUT2D eigenvalue weighted by molar-refractivity contribution is 0.314. The number of hydrogen-bond acceptors (Lipinski definition) is 3. The van der Waals surface area contributed by atoms with Gasteiger partial charge in [-0.25, -0.2) is 0 Å². The number of aliphatic imine (C=N–C) groups is 1. The number of aryl methyl sites for hydroxylation is 1. The van der Waals surface area contributed by atoms with Crippen LogP contribution in [0.2, 0.25) is 0 Å². The summed E-state index contributed by atoms with van der Waals surface area (Å²) in [5.74, 6) is 1.63. The Bertz CT molecular complexity index is 496. The first-order valence-electron chi connectivity index (χ1n) is 7.91. The van der Waals surface area contributed by atoms with Crippen LogP contribution in [0.5, 0.6) is 0 Å². The average molecular weight is 418 g/mol. The molecule has 0 radical (unpaired) electrons. The Hall–Kier alpha value is -0.830. The van der Waals surface area contributed by atoms with E-state index in [4.69, 9.17) is 0 Å². The maximum atomic E-state index is 4.30. The summed E-state index contributed by atoms with van der Waals surface area (Å²) in [5.41, 5.74) is 1.15. The molecule has 1 saturated carbocycles. The van der Waals surface area contributed by atoms with Gasteiger partial charge in [-0.1, -0.05) is 0 Å². The maximum absolute atomic E-state index is 4.30. The normalized spacial score (nSPS) is 22.5. The third-order valence-electron chi connectivity index (χ3n) is 4.52. The minimum atomic E-state index is 0. The van der Waals surface area contributed by atoms with Gasteiger partial charge in [0.05, 0.1) is 12.2 Å². The largest absolute Gasteiger partial charge is 0.356 e. The maximum Gasteiger partial charge on any atom is 0.191 e. The molecule has 2 aliphatic rings. The molecule has 1 aliphatic heterocycles. The minimum absolute atomic E-state index is 0. The monoisotopic (exact) mass is 418 g/mol. The van der Waals surface area contributed by atoms with Crippen molar-refractivity contribution >= 4 is 29.9 Å². The van der Waals surface area contributed by atoms with Gasteiger partial charge in [0.1, 0.15) is 0 Å². The molecule has 1 aromatic rings. The Morgan fingerprint density at radius 2 is 2.18 bits per heavy atom. The van der Waals surface area contributed by atoms with Crippen molar-refractivity contribution in [1.29, 1.82) is 0 Å². The number of hydrogen-bond donors (Lipinski definition) is 2. The number of halogens is 1. The molecule has 0 aromatic carbocycles. The van der Waals surface area contributed by atoms with Gasteiger partial charge < -0.3 is 15.5 Å². The van der Waals surface area contributed by atoms with E-state index in [0.29, 0.717) is 0 Å². The molecule has 2 heterocycles. The second-order valence-corrected chi connectivity index (χ2v) is 6.13. The first-order valence-corrected chi connectivity index (χ1v) is 7.91. The molecular formula is C15H27IN6. The summed E-state index contributed by atoms with van der Waals surface area (Å²) in [5, 5.41) is 11.0. The van der Waals surface area contributed by atoms with Crippen molar-refractivity contribution in [3.63, 3.8) is 0 Å². The van der Waals surface area contributed by atoms with E-state index < -0.39 is 0 Å². The average Bonchev–Trinajstić information content (AvgIpc) is 3.10. The van der Waals surface area contributed by atoms with Gasteiger partial charge in [-0.15, -0.1) is 24.0 Å². The van der Waals surface area contributed by atoms with Crippen LogP contribution in [-0.2, 0) is 13.6 Å². The van der Waals surface area contributed by atoms with Crippen LogP contribution < -0.4 is 10.6 Å². The molecule has 0 amide bonds. The summed E-state index contributed by atoms with van der Waals surface area (Å²) in [4.78, 5) is 6.95. The van der Waals surface area contributed by atoms with Crippen LogP contribution in [0.15, 0.2) is 17.3 Å². The van der Waals surface area contributed by atoms with E-state index in [0.717, 1.165) is 36.7 Å². The summed E-state index contributed by atoms with van der Waals surface area (Å²) in [6, 6.07) is 2.92. The van der Waals surface area contributed by atoms with Crippen molar-refractivity contribution in [3.8, 4) is 0 Å². The highest BCUT2D eigenvalue weighted by Crippen LogP contribution is 2.31. The molecule has 2 N–H and O–H groups in total. The quantitative estimate of drug-likeness (QED) is 0.429. The van der Waals surface area contributed by atoms with Gasteiger partial charge in [-0.2, -0.15) is 5.10 Å². The smallest absolute Gasteiger partial charge is 0.191 e. The zero-order valence-corrected chi connectivity index (χ0v) is 15.8. The zero-order valence-electron chi connectivity index (χ0n) is 13.5. The number of likely N-dealkylation sites (tertiary alicyclic amines) is 1. The highest BCUT2D eigenvalue weighted by Gasteiger charge is 2.34. The van der Waals surface area contributed by atoms with Crippen molar-refractivity contribution in [2.24, 2.45) is 18.0 Å². The van der Waals surface area contributed by atoms with Gasteiger partial charge in [0.25, 0.3) is 0 Å². The van der Waals surface area contributed by atoms with Gasteiger partial charge in [0.15, 0.2) is 5.96 Å². The molecule has 1 aromatic heterocycles. The van der Waals surface area contributed by atoms with E-state index in [-0.39, 0.29) is 24.0 Å². The molecule has 0 spiro atoms. The fourth-order valence-electron chi connectivity index (χ4n) is 3.01. The molecule has 6 nitrogen and oxygen atoms in total. The number of rotatable bonds is 5. The lowest BCUT2D eigenvalue weighted by Gasteiger charge is -2.17. The molecule has 1 saturated heterocycles. The highest BCUT2D eigenvalue weighted by atomic mass is 127. The van der Waals surface area contributed by atoms with Gasteiger partial charge in [-0.05, 0) is 37.8 Å². The third-order valence-corrected chi connectivity index (χ3v) is 4.52. The lowest BCUT2D eigenvalue weighted by atomic mass is 10.1. The number of nitrogens with one attached hydrogen (secondary N) is 2. The van der Waals surface area contributed by atoms with Crippen LogP contribution in [-0.4, -0.2) is 53.4 Å². The predicted octanol–water partition coefficient (Wildman–Crippen LogP) is 1.19. The first-order chi connectivity index (χ1) is 10.3. The Morgan fingerprint density at radius 1 is 1.36 bits per heavy atom. The molecule has 0 bridgehead atoms. The van der Waals surface area contributed by atoms with E-state index in [9.17, 15) is 0 Å². The third kappa shape index (κ3) is 4.58. The Morgan fingerprint density at radius 3 is 2.82 bits per heavy atom. The molecule has 1 aliphatic carbocycles. The molecule has 124 valence electrons. The lowest BCUT2D eigenvalue weighted by Crippen LogP contribution is -2.40. The van der Waals surface area contributed by atoms with Crippen LogP contribution in [0.4, 0.5) is 0 Å². The molecule has 2 fully saturated rings. The Kier molecular flexibility index (Phi) is 6.49. The van der Waals surface area contributed by atoms with E-state index >= 15 is 0 Å². The fourth-order valence-corrected chi connectivity index (χ4v) is 3.01. The highest BCUT2D eigenvalue weighted by molar-refractivity contribution is 14.0. The topological polar surface area (TPSA) is 57.5 Å². The van der Waals surface area contributed by atoms with Crippen molar-refractivity contribution in [2.45, 2.75) is 31.8 Å². The van der Waals surface area contributed by atoms with Gasteiger partial charge >= 0.3 is 0 Å². The SMILES string of the molecule is CN=C(NCc1ccnn1C)NCC1CCN(C2CC2)C1.I. The van der Waals surface area contributed by atoms with Crippen molar-refractivity contribution < 1.29 is 0 Å². The number of guanidine groups is 1. The van der Waals surface area contributed by atoms with Crippen LogP contribution in [0.1, 0.15) is 25.0 Å². The number of aromatic nitrogens is 2. The number of nitrogens with zero attached hydrogens (tertiary/aromatic N) is 4. The Labute approximate surface area is 149 Å². The summed E-state index contributed by atoms with van der Waals surface area (Å²) in [6.45, 7) is 4.28. The van der Waals surface area contributed by atoms with Gasteiger partial charge in [0.2, 0.25) is 0 Å². The molecule has 3 rings (SSSR count). The van der Waals surface area contributed by atoms with E-state index in [2.05, 4.69) is 25.6 Å². The van der Waals surface area contributed by atoms with Crippen molar-refractivity contribution in [2.75, 3.05) is 26.7 Å². The molecule has 1 atom stereocenters. The second-order valence-electron chi connectivity index (χ2n) is 6.13.